The zero-order valence-electron chi connectivity index (χ0n) is 6.27. The molecule has 4 heteroatoms. The van der Waals surface area contributed by atoms with Crippen molar-refractivity contribution in [3.63, 3.8) is 0 Å². The molecule has 0 aromatic carbocycles. The number of pyridine rings is 1. The van der Waals surface area contributed by atoms with E-state index in [4.69, 9.17) is 10.8 Å². The summed E-state index contributed by atoms with van der Waals surface area (Å²) >= 11 is 0. The van der Waals surface area contributed by atoms with Gasteiger partial charge in [-0.05, 0) is 18.2 Å². The summed E-state index contributed by atoms with van der Waals surface area (Å²) in [4.78, 5) is 14.0. The van der Waals surface area contributed by atoms with Crippen LogP contribution in [0.25, 0.3) is 6.08 Å². The molecule has 0 saturated heterocycles. The topological polar surface area (TPSA) is 76.2 Å². The molecule has 1 heterocycles. The second kappa shape index (κ2) is 3.52. The molecule has 0 aliphatic rings. The van der Waals surface area contributed by atoms with Crippen molar-refractivity contribution in [3.05, 3.63) is 30.1 Å². The van der Waals surface area contributed by atoms with Gasteiger partial charge in [-0.1, -0.05) is 0 Å². The van der Waals surface area contributed by atoms with Gasteiger partial charge in [-0.3, -0.25) is 4.98 Å². The maximum Gasteiger partial charge on any atom is 0.328 e. The Morgan fingerprint density at radius 3 is 2.83 bits per heavy atom. The zero-order chi connectivity index (χ0) is 8.97. The smallest absolute Gasteiger partial charge is 0.328 e. The SMILES string of the molecule is Nc1ccc(C=CC(=O)O)nc1. The predicted molar refractivity (Wildman–Crippen MR) is 45.3 cm³/mol. The van der Waals surface area contributed by atoms with Gasteiger partial charge in [0.15, 0.2) is 0 Å². The van der Waals surface area contributed by atoms with Crippen LogP contribution in [0.15, 0.2) is 24.4 Å². The Hall–Kier alpha value is -1.84. The minimum absolute atomic E-state index is 0.558. The molecule has 0 spiro atoms. The Labute approximate surface area is 69.4 Å². The fourth-order valence-corrected chi connectivity index (χ4v) is 0.672. The van der Waals surface area contributed by atoms with Crippen molar-refractivity contribution in [3.8, 4) is 0 Å². The normalized spacial score (nSPS) is 10.3. The molecule has 12 heavy (non-hydrogen) atoms. The van der Waals surface area contributed by atoms with Crippen LogP contribution >= 0.6 is 0 Å². The van der Waals surface area contributed by atoms with Crippen LogP contribution in [0.1, 0.15) is 5.69 Å². The lowest BCUT2D eigenvalue weighted by Crippen LogP contribution is -1.89. The third-order valence-corrected chi connectivity index (χ3v) is 1.21. The molecule has 3 N–H and O–H groups in total. The number of nitrogen functional groups attached to an aromatic ring is 1. The highest BCUT2D eigenvalue weighted by atomic mass is 16.4. The number of anilines is 1. The van der Waals surface area contributed by atoms with Gasteiger partial charge in [-0.2, -0.15) is 0 Å². The van der Waals surface area contributed by atoms with Crippen LogP contribution in [0.3, 0.4) is 0 Å². The molecular weight excluding hydrogens is 156 g/mol. The molecule has 0 aliphatic carbocycles. The van der Waals surface area contributed by atoms with E-state index in [0.717, 1.165) is 6.08 Å². The summed E-state index contributed by atoms with van der Waals surface area (Å²) in [5.41, 5.74) is 6.51. The van der Waals surface area contributed by atoms with E-state index in [2.05, 4.69) is 4.98 Å². The molecule has 0 amide bonds. The first-order valence-corrected chi connectivity index (χ1v) is 3.31. The summed E-state index contributed by atoms with van der Waals surface area (Å²) in [6.07, 6.45) is 3.90. The van der Waals surface area contributed by atoms with Crippen molar-refractivity contribution in [2.75, 3.05) is 5.73 Å². The van der Waals surface area contributed by atoms with Crippen molar-refractivity contribution in [2.45, 2.75) is 0 Å². The number of rotatable bonds is 2. The quantitative estimate of drug-likeness (QED) is 0.633. The van der Waals surface area contributed by atoms with Crippen LogP contribution in [0.2, 0.25) is 0 Å². The Bertz CT molecular complexity index is 303. The minimum Gasteiger partial charge on any atom is -0.478 e. The standard InChI is InChI=1S/C8H8N2O2/c9-6-1-2-7(10-5-6)3-4-8(11)12/h1-5H,9H2,(H,11,12). The summed E-state index contributed by atoms with van der Waals surface area (Å²) in [5.74, 6) is -0.992. The monoisotopic (exact) mass is 164 g/mol. The summed E-state index contributed by atoms with van der Waals surface area (Å²) in [7, 11) is 0. The Morgan fingerprint density at radius 2 is 2.33 bits per heavy atom. The van der Waals surface area contributed by atoms with Gasteiger partial charge < -0.3 is 10.8 Å². The van der Waals surface area contributed by atoms with Gasteiger partial charge in [0.1, 0.15) is 0 Å². The summed E-state index contributed by atoms with van der Waals surface area (Å²) in [6.45, 7) is 0. The van der Waals surface area contributed by atoms with Gasteiger partial charge in [-0.15, -0.1) is 0 Å². The first-order chi connectivity index (χ1) is 5.68. The van der Waals surface area contributed by atoms with E-state index in [-0.39, 0.29) is 0 Å². The van der Waals surface area contributed by atoms with Gasteiger partial charge >= 0.3 is 5.97 Å². The highest BCUT2D eigenvalue weighted by Gasteiger charge is 1.89. The van der Waals surface area contributed by atoms with E-state index >= 15 is 0 Å². The third kappa shape index (κ3) is 2.42. The van der Waals surface area contributed by atoms with Crippen LogP contribution in [-0.4, -0.2) is 16.1 Å². The first kappa shape index (κ1) is 8.26. The van der Waals surface area contributed by atoms with E-state index in [1.165, 1.54) is 12.3 Å². The van der Waals surface area contributed by atoms with Gasteiger partial charge in [0.05, 0.1) is 17.6 Å². The van der Waals surface area contributed by atoms with Crippen molar-refractivity contribution in [1.29, 1.82) is 0 Å². The van der Waals surface area contributed by atoms with E-state index in [1.807, 2.05) is 0 Å². The Kier molecular flexibility index (Phi) is 2.42. The number of carboxylic acid groups (broad SMARTS) is 1. The molecule has 4 nitrogen and oxygen atoms in total. The molecule has 0 radical (unpaired) electrons. The van der Waals surface area contributed by atoms with E-state index < -0.39 is 5.97 Å². The maximum absolute atomic E-state index is 10.1. The summed E-state index contributed by atoms with van der Waals surface area (Å²) < 4.78 is 0. The van der Waals surface area contributed by atoms with Crippen molar-refractivity contribution in [2.24, 2.45) is 0 Å². The molecule has 1 aromatic rings. The number of hydrogen-bond acceptors (Lipinski definition) is 3. The fourth-order valence-electron chi connectivity index (χ4n) is 0.672. The van der Waals surface area contributed by atoms with E-state index in [9.17, 15) is 4.79 Å². The lowest BCUT2D eigenvalue weighted by atomic mass is 10.3. The first-order valence-electron chi connectivity index (χ1n) is 3.31. The number of nitrogens with two attached hydrogens (primary N) is 1. The lowest BCUT2D eigenvalue weighted by Gasteiger charge is -1.92. The van der Waals surface area contributed by atoms with Crippen LogP contribution in [0, 0.1) is 0 Å². The molecule has 0 unspecified atom stereocenters. The molecule has 0 fully saturated rings. The molecule has 0 atom stereocenters. The maximum atomic E-state index is 10.1. The Balaban J connectivity index is 2.77. The molecule has 62 valence electrons. The number of nitrogens with zero attached hydrogens (tertiary/aromatic N) is 1. The van der Waals surface area contributed by atoms with E-state index in [0.29, 0.717) is 11.4 Å². The van der Waals surface area contributed by atoms with Crippen LogP contribution in [-0.2, 0) is 4.79 Å². The molecule has 0 saturated carbocycles. The van der Waals surface area contributed by atoms with Crippen molar-refractivity contribution in [1.82, 2.24) is 4.98 Å². The van der Waals surface area contributed by atoms with E-state index in [1.54, 1.807) is 12.1 Å². The predicted octanol–water partition coefficient (Wildman–Crippen LogP) is 0.762. The number of aromatic nitrogens is 1. The minimum atomic E-state index is -0.992. The molecule has 0 bridgehead atoms. The second-order valence-electron chi connectivity index (χ2n) is 2.19. The average Bonchev–Trinajstić information content (AvgIpc) is 2.03. The molecule has 1 rings (SSSR count). The average molecular weight is 164 g/mol. The van der Waals surface area contributed by atoms with Gasteiger partial charge in [0.25, 0.3) is 0 Å². The van der Waals surface area contributed by atoms with Crippen LogP contribution in [0.5, 0.6) is 0 Å². The van der Waals surface area contributed by atoms with Crippen molar-refractivity contribution >= 4 is 17.7 Å². The highest BCUT2D eigenvalue weighted by molar-refractivity contribution is 5.84. The number of carboxylic acids is 1. The van der Waals surface area contributed by atoms with Crippen LogP contribution < -0.4 is 5.73 Å². The molecular formula is C8H8N2O2. The van der Waals surface area contributed by atoms with Crippen molar-refractivity contribution < 1.29 is 9.90 Å². The molecule has 0 aliphatic heterocycles. The lowest BCUT2D eigenvalue weighted by molar-refractivity contribution is -0.131. The fraction of sp³-hybridized carbons (Fsp3) is 0. The number of hydrogen-bond donors (Lipinski definition) is 2. The second-order valence-corrected chi connectivity index (χ2v) is 2.19. The largest absolute Gasteiger partial charge is 0.478 e. The Morgan fingerprint density at radius 1 is 1.58 bits per heavy atom. The summed E-state index contributed by atoms with van der Waals surface area (Å²) in [6, 6.07) is 3.31. The number of carbonyl (C=O) groups is 1. The third-order valence-electron chi connectivity index (χ3n) is 1.21. The highest BCUT2D eigenvalue weighted by Crippen LogP contribution is 2.02. The van der Waals surface area contributed by atoms with Gasteiger partial charge in [-0.25, -0.2) is 4.79 Å². The summed E-state index contributed by atoms with van der Waals surface area (Å²) in [5, 5.41) is 8.29. The number of aliphatic carboxylic acids is 1. The zero-order valence-corrected chi connectivity index (χ0v) is 6.27. The van der Waals surface area contributed by atoms with Crippen LogP contribution in [0.4, 0.5) is 5.69 Å². The van der Waals surface area contributed by atoms with Gasteiger partial charge in [0, 0.05) is 6.08 Å². The van der Waals surface area contributed by atoms with Gasteiger partial charge in [0.2, 0.25) is 0 Å². The molecule has 1 aromatic heterocycles.